The van der Waals surface area contributed by atoms with Crippen molar-refractivity contribution in [2.45, 2.75) is 32.5 Å². The fourth-order valence-corrected chi connectivity index (χ4v) is 1.26. The lowest BCUT2D eigenvalue weighted by atomic mass is 10.0. The lowest BCUT2D eigenvalue weighted by Gasteiger charge is -2.14. The average Bonchev–Trinajstić information content (AvgIpc) is 2.11. The molecule has 2 N–H and O–H groups in total. The van der Waals surface area contributed by atoms with Gasteiger partial charge in [-0.1, -0.05) is 6.07 Å². The molecular formula is C11H15FO2. The summed E-state index contributed by atoms with van der Waals surface area (Å²) >= 11 is 0. The van der Waals surface area contributed by atoms with Crippen molar-refractivity contribution in [1.82, 2.24) is 0 Å². The van der Waals surface area contributed by atoms with Gasteiger partial charge in [-0.3, -0.25) is 0 Å². The highest BCUT2D eigenvalue weighted by molar-refractivity contribution is 5.27. The summed E-state index contributed by atoms with van der Waals surface area (Å²) in [6.45, 7) is 3.36. The number of aliphatic hydroxyl groups is 2. The predicted octanol–water partition coefficient (Wildman–Crippen LogP) is 1.42. The van der Waals surface area contributed by atoms with Crippen LogP contribution in [-0.2, 0) is 6.42 Å². The summed E-state index contributed by atoms with van der Waals surface area (Å²) in [6, 6.07) is 4.44. The molecule has 0 bridgehead atoms. The molecule has 0 aliphatic heterocycles. The average molecular weight is 198 g/mol. The third-order valence-electron chi connectivity index (χ3n) is 2.30. The Balaban J connectivity index is 2.80. The Labute approximate surface area is 83.0 Å². The summed E-state index contributed by atoms with van der Waals surface area (Å²) in [7, 11) is 0. The molecule has 0 amide bonds. The minimum atomic E-state index is -0.838. The van der Waals surface area contributed by atoms with E-state index in [1.54, 1.807) is 6.07 Å². The number of aryl methyl sites for hydroxylation is 1. The van der Waals surface area contributed by atoms with E-state index in [-0.39, 0.29) is 12.2 Å². The van der Waals surface area contributed by atoms with Crippen LogP contribution in [-0.4, -0.2) is 22.4 Å². The van der Waals surface area contributed by atoms with Crippen LogP contribution in [0, 0.1) is 12.7 Å². The summed E-state index contributed by atoms with van der Waals surface area (Å²) < 4.78 is 12.9. The van der Waals surface area contributed by atoms with E-state index < -0.39 is 12.2 Å². The maximum absolute atomic E-state index is 12.9. The molecule has 14 heavy (non-hydrogen) atoms. The topological polar surface area (TPSA) is 40.5 Å². The van der Waals surface area contributed by atoms with Gasteiger partial charge in [0, 0.05) is 6.42 Å². The molecule has 3 heteroatoms. The standard InChI is InChI=1S/C11H15FO2/c1-7-3-4-10(12)5-9(7)6-11(14)8(2)13/h3-5,8,11,13-14H,6H2,1-2H3. The molecule has 0 aliphatic rings. The number of benzene rings is 1. The third-order valence-corrected chi connectivity index (χ3v) is 2.30. The van der Waals surface area contributed by atoms with E-state index in [2.05, 4.69) is 0 Å². The molecule has 0 radical (unpaired) electrons. The first-order valence-corrected chi connectivity index (χ1v) is 4.62. The van der Waals surface area contributed by atoms with Crippen molar-refractivity contribution in [3.05, 3.63) is 35.1 Å². The highest BCUT2D eigenvalue weighted by atomic mass is 19.1. The van der Waals surface area contributed by atoms with Crippen molar-refractivity contribution in [3.63, 3.8) is 0 Å². The normalized spacial score (nSPS) is 15.2. The van der Waals surface area contributed by atoms with Crippen molar-refractivity contribution in [3.8, 4) is 0 Å². The molecule has 2 atom stereocenters. The Kier molecular flexibility index (Phi) is 3.61. The fourth-order valence-electron chi connectivity index (χ4n) is 1.26. The van der Waals surface area contributed by atoms with Gasteiger partial charge in [0.25, 0.3) is 0 Å². The maximum atomic E-state index is 12.9. The van der Waals surface area contributed by atoms with E-state index in [1.165, 1.54) is 19.1 Å². The van der Waals surface area contributed by atoms with E-state index in [0.29, 0.717) is 0 Å². The van der Waals surface area contributed by atoms with Crippen molar-refractivity contribution in [1.29, 1.82) is 0 Å². The Bertz CT molecular complexity index is 310. The Morgan fingerprint density at radius 3 is 2.57 bits per heavy atom. The molecule has 2 nitrogen and oxygen atoms in total. The maximum Gasteiger partial charge on any atom is 0.123 e. The molecule has 0 aliphatic carbocycles. The molecule has 0 saturated carbocycles. The first kappa shape index (κ1) is 11.1. The molecular weight excluding hydrogens is 183 g/mol. The van der Waals surface area contributed by atoms with Gasteiger partial charge < -0.3 is 10.2 Å². The minimum Gasteiger partial charge on any atom is -0.391 e. The number of aliphatic hydroxyl groups excluding tert-OH is 2. The summed E-state index contributed by atoms with van der Waals surface area (Å²) in [5, 5.41) is 18.5. The summed E-state index contributed by atoms with van der Waals surface area (Å²) in [5.74, 6) is -0.316. The van der Waals surface area contributed by atoms with Crippen molar-refractivity contribution >= 4 is 0 Å². The van der Waals surface area contributed by atoms with Gasteiger partial charge in [-0.15, -0.1) is 0 Å². The van der Waals surface area contributed by atoms with Crippen LogP contribution in [0.4, 0.5) is 4.39 Å². The number of hydrogen-bond acceptors (Lipinski definition) is 2. The third kappa shape index (κ3) is 2.79. The highest BCUT2D eigenvalue weighted by Gasteiger charge is 2.13. The SMILES string of the molecule is Cc1ccc(F)cc1CC(O)C(C)O. The molecule has 0 saturated heterocycles. The number of halogens is 1. The van der Waals surface area contributed by atoms with Gasteiger partial charge in [-0.05, 0) is 37.1 Å². The second-order valence-corrected chi connectivity index (χ2v) is 3.58. The van der Waals surface area contributed by atoms with Crippen LogP contribution >= 0.6 is 0 Å². The van der Waals surface area contributed by atoms with Gasteiger partial charge in [-0.2, -0.15) is 0 Å². The van der Waals surface area contributed by atoms with Gasteiger partial charge in [0.05, 0.1) is 12.2 Å². The zero-order chi connectivity index (χ0) is 10.7. The van der Waals surface area contributed by atoms with Gasteiger partial charge in [0.15, 0.2) is 0 Å². The highest BCUT2D eigenvalue weighted by Crippen LogP contribution is 2.13. The Hall–Kier alpha value is -0.930. The van der Waals surface area contributed by atoms with E-state index in [9.17, 15) is 9.50 Å². The smallest absolute Gasteiger partial charge is 0.123 e. The summed E-state index contributed by atoms with van der Waals surface area (Å²) in [6.07, 6.45) is -1.35. The molecule has 1 aromatic carbocycles. The quantitative estimate of drug-likeness (QED) is 0.771. The van der Waals surface area contributed by atoms with E-state index in [4.69, 9.17) is 5.11 Å². The molecule has 0 spiro atoms. The Morgan fingerprint density at radius 1 is 1.36 bits per heavy atom. The van der Waals surface area contributed by atoms with Crippen LogP contribution in [0.2, 0.25) is 0 Å². The number of rotatable bonds is 3. The zero-order valence-corrected chi connectivity index (χ0v) is 8.37. The minimum absolute atomic E-state index is 0.279. The van der Waals surface area contributed by atoms with Crippen LogP contribution in [0.25, 0.3) is 0 Å². The lowest BCUT2D eigenvalue weighted by molar-refractivity contribution is 0.0318. The van der Waals surface area contributed by atoms with Crippen LogP contribution in [0.5, 0.6) is 0 Å². The van der Waals surface area contributed by atoms with Gasteiger partial charge in [-0.25, -0.2) is 4.39 Å². The number of hydrogen-bond donors (Lipinski definition) is 2. The Morgan fingerprint density at radius 2 is 2.00 bits per heavy atom. The van der Waals surface area contributed by atoms with E-state index in [1.807, 2.05) is 6.92 Å². The lowest BCUT2D eigenvalue weighted by Crippen LogP contribution is -2.25. The van der Waals surface area contributed by atoms with Gasteiger partial charge in [0.1, 0.15) is 5.82 Å². The molecule has 78 valence electrons. The molecule has 1 aromatic rings. The van der Waals surface area contributed by atoms with E-state index in [0.717, 1.165) is 11.1 Å². The molecule has 0 heterocycles. The first-order valence-electron chi connectivity index (χ1n) is 4.62. The van der Waals surface area contributed by atoms with Gasteiger partial charge >= 0.3 is 0 Å². The predicted molar refractivity (Wildman–Crippen MR) is 52.5 cm³/mol. The molecule has 1 rings (SSSR count). The summed E-state index contributed by atoms with van der Waals surface area (Å²) in [5.41, 5.74) is 1.66. The largest absolute Gasteiger partial charge is 0.391 e. The van der Waals surface area contributed by atoms with Crippen LogP contribution in [0.15, 0.2) is 18.2 Å². The summed E-state index contributed by atoms with van der Waals surface area (Å²) in [4.78, 5) is 0. The second kappa shape index (κ2) is 4.53. The monoisotopic (exact) mass is 198 g/mol. The fraction of sp³-hybridized carbons (Fsp3) is 0.455. The zero-order valence-electron chi connectivity index (χ0n) is 8.37. The first-order chi connectivity index (χ1) is 6.50. The van der Waals surface area contributed by atoms with E-state index >= 15 is 0 Å². The van der Waals surface area contributed by atoms with Crippen LogP contribution in [0.3, 0.4) is 0 Å². The molecule has 0 fully saturated rings. The molecule has 0 aromatic heterocycles. The van der Waals surface area contributed by atoms with Crippen molar-refractivity contribution in [2.75, 3.05) is 0 Å². The van der Waals surface area contributed by atoms with Crippen molar-refractivity contribution < 1.29 is 14.6 Å². The van der Waals surface area contributed by atoms with Crippen LogP contribution < -0.4 is 0 Å². The van der Waals surface area contributed by atoms with Gasteiger partial charge in [0.2, 0.25) is 0 Å². The van der Waals surface area contributed by atoms with Crippen LogP contribution in [0.1, 0.15) is 18.1 Å². The molecule has 2 unspecified atom stereocenters. The second-order valence-electron chi connectivity index (χ2n) is 3.58. The van der Waals surface area contributed by atoms with Crippen molar-refractivity contribution in [2.24, 2.45) is 0 Å².